The van der Waals surface area contributed by atoms with Gasteiger partial charge in [0.2, 0.25) is 5.55 Å². The fraction of sp³-hybridized carbons (Fsp3) is 0.833. The minimum absolute atomic E-state index is 0.0149. The largest absolute Gasteiger partial charge is 0.377 e. The molecule has 4 heteroatoms. The Bertz CT molecular complexity index is 190. The second kappa shape index (κ2) is 8.88. The maximum Gasteiger partial charge on any atom is 0.219 e. The Morgan fingerprint density at radius 1 is 1.19 bits per heavy atom. The number of halogens is 2. The summed E-state index contributed by atoms with van der Waals surface area (Å²) in [6.45, 7) is 7.07. The summed E-state index contributed by atoms with van der Waals surface area (Å²) in [6.07, 6.45) is 4.77. The topological polar surface area (TPSA) is 9.23 Å². The van der Waals surface area contributed by atoms with Crippen LogP contribution in [0.4, 0.5) is 8.78 Å². The zero-order valence-electron chi connectivity index (χ0n) is 10.5. The summed E-state index contributed by atoms with van der Waals surface area (Å²) in [5, 5.41) is 0. The lowest BCUT2D eigenvalue weighted by atomic mass is 10.1. The summed E-state index contributed by atoms with van der Waals surface area (Å²) in [6, 6.07) is 0. The van der Waals surface area contributed by atoms with Gasteiger partial charge in [-0.05, 0) is 19.8 Å². The fourth-order valence-corrected chi connectivity index (χ4v) is 1.77. The van der Waals surface area contributed by atoms with Gasteiger partial charge in [0.25, 0.3) is 0 Å². The maximum absolute atomic E-state index is 12.5. The van der Waals surface area contributed by atoms with E-state index in [1.54, 1.807) is 0 Å². The molecule has 0 rings (SSSR count). The first-order valence-corrected chi connectivity index (χ1v) is 7.02. The number of alkyl halides is 2. The highest BCUT2D eigenvalue weighted by molar-refractivity contribution is 6.13. The highest BCUT2D eigenvalue weighted by atomic mass is 28.1. The van der Waals surface area contributed by atoms with Crippen LogP contribution in [0.2, 0.25) is 0 Å². The smallest absolute Gasteiger partial charge is 0.219 e. The SMILES string of the molecule is C=C(C)COCCCCCCCC(F)(F)[SiH3]. The number of hydrogen-bond acceptors (Lipinski definition) is 1. The molecule has 0 saturated carbocycles. The Morgan fingerprint density at radius 2 is 1.75 bits per heavy atom. The average Bonchev–Trinajstić information content (AvgIpc) is 2.13. The quantitative estimate of drug-likeness (QED) is 0.329. The summed E-state index contributed by atoms with van der Waals surface area (Å²) < 4.78 is 30.4. The van der Waals surface area contributed by atoms with Crippen molar-refractivity contribution < 1.29 is 13.5 Å². The van der Waals surface area contributed by atoms with Gasteiger partial charge in [-0.3, -0.25) is 0 Å². The standard InChI is InChI=1S/C12H24F2OSi/c1-11(2)10-15-9-7-5-3-4-6-8-12(13,14)16/h1,3-10H2,2,16H3. The normalized spacial score (nSPS) is 11.9. The molecule has 0 aliphatic heterocycles. The molecule has 0 fully saturated rings. The van der Waals surface area contributed by atoms with Crippen LogP contribution >= 0.6 is 0 Å². The Morgan fingerprint density at radius 3 is 2.31 bits per heavy atom. The molecule has 0 N–H and O–H groups in total. The van der Waals surface area contributed by atoms with Gasteiger partial charge in [0.1, 0.15) is 0 Å². The van der Waals surface area contributed by atoms with Crippen LogP contribution in [0.3, 0.4) is 0 Å². The molecule has 1 nitrogen and oxygen atoms in total. The van der Waals surface area contributed by atoms with E-state index in [-0.39, 0.29) is 16.7 Å². The summed E-state index contributed by atoms with van der Waals surface area (Å²) in [5.41, 5.74) is -1.32. The average molecular weight is 250 g/mol. The summed E-state index contributed by atoms with van der Waals surface area (Å²) in [7, 11) is -0.0149. The summed E-state index contributed by atoms with van der Waals surface area (Å²) in [5.74, 6) is 0. The van der Waals surface area contributed by atoms with Crippen molar-refractivity contribution in [2.75, 3.05) is 13.2 Å². The minimum atomic E-state index is -2.36. The van der Waals surface area contributed by atoms with E-state index in [1.807, 2.05) is 6.92 Å². The van der Waals surface area contributed by atoms with Crippen molar-refractivity contribution >= 4 is 10.2 Å². The van der Waals surface area contributed by atoms with Crippen LogP contribution < -0.4 is 0 Å². The molecule has 96 valence electrons. The summed E-state index contributed by atoms with van der Waals surface area (Å²) >= 11 is 0. The molecule has 0 atom stereocenters. The first-order valence-electron chi connectivity index (χ1n) is 6.02. The first kappa shape index (κ1) is 15.8. The van der Waals surface area contributed by atoms with Gasteiger partial charge in [-0.1, -0.05) is 31.4 Å². The van der Waals surface area contributed by atoms with Crippen molar-refractivity contribution in [3.8, 4) is 0 Å². The zero-order chi connectivity index (χ0) is 12.4. The van der Waals surface area contributed by atoms with Gasteiger partial charge in [-0.25, -0.2) is 8.78 Å². The molecular weight excluding hydrogens is 226 g/mol. The molecule has 16 heavy (non-hydrogen) atoms. The number of ether oxygens (including phenoxy) is 1. The molecule has 0 amide bonds. The van der Waals surface area contributed by atoms with Crippen molar-refractivity contribution in [3.63, 3.8) is 0 Å². The van der Waals surface area contributed by atoms with Crippen molar-refractivity contribution in [1.29, 1.82) is 0 Å². The van der Waals surface area contributed by atoms with Gasteiger partial charge in [0.05, 0.1) is 16.8 Å². The lowest BCUT2D eigenvalue weighted by molar-refractivity contribution is 0.0817. The third-order valence-corrected chi connectivity index (χ3v) is 2.75. The van der Waals surface area contributed by atoms with Crippen LogP contribution in [-0.4, -0.2) is 29.0 Å². The molecule has 0 spiro atoms. The number of hydrogen-bond donors (Lipinski definition) is 0. The van der Waals surface area contributed by atoms with Crippen LogP contribution in [0.1, 0.15) is 45.4 Å². The van der Waals surface area contributed by atoms with Crippen LogP contribution in [0, 0.1) is 0 Å². The molecule has 0 saturated heterocycles. The third-order valence-electron chi connectivity index (χ3n) is 2.25. The van der Waals surface area contributed by atoms with E-state index >= 15 is 0 Å². The number of rotatable bonds is 10. The molecule has 0 aromatic rings. The molecule has 0 bridgehead atoms. The van der Waals surface area contributed by atoms with Crippen molar-refractivity contribution in [2.45, 2.75) is 51.0 Å². The van der Waals surface area contributed by atoms with Crippen LogP contribution in [0.15, 0.2) is 12.2 Å². The summed E-state index contributed by atoms with van der Waals surface area (Å²) in [4.78, 5) is 0. The van der Waals surface area contributed by atoms with Crippen molar-refractivity contribution in [2.24, 2.45) is 0 Å². The van der Waals surface area contributed by atoms with Gasteiger partial charge in [-0.15, -0.1) is 0 Å². The van der Waals surface area contributed by atoms with E-state index in [4.69, 9.17) is 4.74 Å². The van der Waals surface area contributed by atoms with Gasteiger partial charge < -0.3 is 4.74 Å². The predicted octanol–water partition coefficient (Wildman–Crippen LogP) is 2.88. The Balaban J connectivity index is 3.07. The fourth-order valence-electron chi connectivity index (χ4n) is 1.42. The van der Waals surface area contributed by atoms with E-state index < -0.39 is 5.55 Å². The lowest BCUT2D eigenvalue weighted by Crippen LogP contribution is -2.14. The van der Waals surface area contributed by atoms with Gasteiger partial charge in [0.15, 0.2) is 0 Å². The third kappa shape index (κ3) is 13.8. The van der Waals surface area contributed by atoms with E-state index in [1.165, 1.54) is 0 Å². The van der Waals surface area contributed by atoms with Gasteiger partial charge in [0, 0.05) is 13.0 Å². The highest BCUT2D eigenvalue weighted by Gasteiger charge is 2.18. The van der Waals surface area contributed by atoms with Gasteiger partial charge in [-0.2, -0.15) is 0 Å². The highest BCUT2D eigenvalue weighted by Crippen LogP contribution is 2.17. The second-order valence-electron chi connectivity index (χ2n) is 4.60. The van der Waals surface area contributed by atoms with Crippen LogP contribution in [-0.2, 0) is 4.74 Å². The first-order chi connectivity index (χ1) is 7.42. The molecule has 0 heterocycles. The molecule has 0 aliphatic carbocycles. The number of unbranched alkanes of at least 4 members (excludes halogenated alkanes) is 4. The molecule has 0 aromatic carbocycles. The second-order valence-corrected chi connectivity index (χ2v) is 6.06. The maximum atomic E-state index is 12.5. The molecule has 0 aromatic heterocycles. The van der Waals surface area contributed by atoms with Crippen LogP contribution in [0.5, 0.6) is 0 Å². The van der Waals surface area contributed by atoms with E-state index in [0.717, 1.165) is 37.9 Å². The van der Waals surface area contributed by atoms with Crippen LogP contribution in [0.25, 0.3) is 0 Å². The van der Waals surface area contributed by atoms with Crippen molar-refractivity contribution in [3.05, 3.63) is 12.2 Å². The van der Waals surface area contributed by atoms with E-state index in [2.05, 4.69) is 6.58 Å². The van der Waals surface area contributed by atoms with Gasteiger partial charge >= 0.3 is 0 Å². The van der Waals surface area contributed by atoms with Crippen molar-refractivity contribution in [1.82, 2.24) is 0 Å². The minimum Gasteiger partial charge on any atom is -0.377 e. The lowest BCUT2D eigenvalue weighted by Gasteiger charge is -2.09. The van der Waals surface area contributed by atoms with E-state index in [9.17, 15) is 8.78 Å². The van der Waals surface area contributed by atoms with E-state index in [0.29, 0.717) is 13.0 Å². The Hall–Kier alpha value is -0.223. The molecule has 0 unspecified atom stereocenters. The Labute approximate surface area is 101 Å². The molecule has 0 aliphatic rings. The zero-order valence-corrected chi connectivity index (χ0v) is 12.5. The predicted molar refractivity (Wildman–Crippen MR) is 68.2 cm³/mol. The molecule has 0 radical (unpaired) electrons. The molecular formula is C12H24F2OSi. The monoisotopic (exact) mass is 250 g/mol. The Kier molecular flexibility index (Phi) is 8.75.